The minimum atomic E-state index is -0.576. The molecule has 1 fully saturated rings. The van der Waals surface area contributed by atoms with Gasteiger partial charge in [-0.05, 0) is 74.1 Å². The summed E-state index contributed by atoms with van der Waals surface area (Å²) in [6, 6.07) is 36.0. The molecule has 4 nitrogen and oxygen atoms in total. The molecule has 2 heterocycles. The van der Waals surface area contributed by atoms with Crippen LogP contribution in [0.2, 0.25) is 0 Å². The van der Waals surface area contributed by atoms with Crippen LogP contribution in [0.4, 0.5) is 0 Å². The largest absolute Gasteiger partial charge is 0.465 e. The van der Waals surface area contributed by atoms with Gasteiger partial charge in [0, 0.05) is 17.8 Å². The highest BCUT2D eigenvalue weighted by atomic mass is 16.5. The van der Waals surface area contributed by atoms with Crippen molar-refractivity contribution in [3.05, 3.63) is 138 Å². The van der Waals surface area contributed by atoms with Gasteiger partial charge in [0.15, 0.2) is 0 Å². The van der Waals surface area contributed by atoms with Gasteiger partial charge in [0.25, 0.3) is 0 Å². The summed E-state index contributed by atoms with van der Waals surface area (Å²) in [5, 5.41) is 0. The first-order valence-electron chi connectivity index (χ1n) is 13.7. The van der Waals surface area contributed by atoms with E-state index in [1.54, 1.807) is 0 Å². The van der Waals surface area contributed by atoms with Gasteiger partial charge in [-0.1, -0.05) is 97.1 Å². The number of pyridine rings is 1. The van der Waals surface area contributed by atoms with E-state index in [1.807, 2.05) is 43.6 Å². The fourth-order valence-corrected chi connectivity index (χ4v) is 6.11. The zero-order valence-electron chi connectivity index (χ0n) is 22.1. The summed E-state index contributed by atoms with van der Waals surface area (Å²) in [5.74, 6) is -0.0934. The van der Waals surface area contributed by atoms with Gasteiger partial charge in [-0.3, -0.25) is 9.78 Å². The van der Waals surface area contributed by atoms with Crippen molar-refractivity contribution in [1.82, 2.24) is 9.88 Å². The van der Waals surface area contributed by atoms with E-state index in [9.17, 15) is 4.79 Å². The Hall–Kier alpha value is -3.76. The molecule has 1 aromatic heterocycles. The van der Waals surface area contributed by atoms with Crippen molar-refractivity contribution >= 4 is 5.97 Å². The smallest absolute Gasteiger partial charge is 0.316 e. The molecule has 38 heavy (non-hydrogen) atoms. The molecule has 4 aromatic rings. The van der Waals surface area contributed by atoms with Crippen LogP contribution < -0.4 is 0 Å². The van der Waals surface area contributed by atoms with Crippen molar-refractivity contribution in [2.24, 2.45) is 0 Å². The van der Waals surface area contributed by atoms with Crippen LogP contribution in [0, 0.1) is 0 Å². The molecule has 0 radical (unpaired) electrons. The number of carbonyl (C=O) groups is 1. The van der Waals surface area contributed by atoms with E-state index in [0.29, 0.717) is 6.61 Å². The van der Waals surface area contributed by atoms with Crippen molar-refractivity contribution in [2.45, 2.75) is 37.0 Å². The third kappa shape index (κ3) is 5.01. The fourth-order valence-electron chi connectivity index (χ4n) is 6.11. The van der Waals surface area contributed by atoms with Gasteiger partial charge in [-0.15, -0.1) is 0 Å². The maximum absolute atomic E-state index is 13.3. The van der Waals surface area contributed by atoms with E-state index < -0.39 is 5.41 Å². The summed E-state index contributed by atoms with van der Waals surface area (Å²) in [6.07, 6.45) is 6.27. The van der Waals surface area contributed by atoms with Gasteiger partial charge in [0.1, 0.15) is 0 Å². The van der Waals surface area contributed by atoms with Gasteiger partial charge in [-0.25, -0.2) is 0 Å². The van der Waals surface area contributed by atoms with Crippen LogP contribution in [0.1, 0.15) is 48.4 Å². The average molecular weight is 505 g/mol. The highest BCUT2D eigenvalue weighted by Gasteiger charge is 2.45. The number of nitrogens with zero attached hydrogens (tertiary/aromatic N) is 2. The molecule has 0 amide bonds. The first kappa shape index (κ1) is 25.9. The molecular formula is C34H36N2O2. The number of piperidine rings is 1. The van der Waals surface area contributed by atoms with Crippen molar-refractivity contribution in [3.63, 3.8) is 0 Å². The molecule has 1 saturated heterocycles. The average Bonchev–Trinajstić information content (AvgIpc) is 3.00. The molecule has 3 aromatic carbocycles. The van der Waals surface area contributed by atoms with Crippen LogP contribution >= 0.6 is 0 Å². The predicted molar refractivity (Wildman–Crippen MR) is 152 cm³/mol. The SMILES string of the molecule is CCOC(=O)C1(c2ccccc2)CCN(CCC(c2ccccc2)(c2ccccc2)c2cccnc2)CC1. The standard InChI is InChI=1S/C34H36N2O2/c1-2-38-32(37)33(28-13-6-3-7-14-28)20-24-36(25-21-33)26-22-34(29-15-8-4-9-16-29,30-17-10-5-11-18-30)31-19-12-23-35-27-31/h3-19,23,27H,2,20-22,24-26H2,1H3. The Bertz CT molecular complexity index is 1190. The first-order chi connectivity index (χ1) is 18.7. The highest BCUT2D eigenvalue weighted by Crippen LogP contribution is 2.43. The second-order valence-electron chi connectivity index (χ2n) is 10.1. The molecule has 1 aliphatic rings. The van der Waals surface area contributed by atoms with E-state index in [4.69, 9.17) is 4.74 Å². The summed E-state index contributed by atoms with van der Waals surface area (Å²) in [7, 11) is 0. The summed E-state index contributed by atoms with van der Waals surface area (Å²) < 4.78 is 5.60. The third-order valence-corrected chi connectivity index (χ3v) is 8.19. The fraction of sp³-hybridized carbons (Fsp3) is 0.294. The van der Waals surface area contributed by atoms with E-state index >= 15 is 0 Å². The number of rotatable bonds is 9. The maximum Gasteiger partial charge on any atom is 0.316 e. The van der Waals surface area contributed by atoms with E-state index in [-0.39, 0.29) is 11.4 Å². The molecule has 1 aliphatic heterocycles. The molecule has 0 saturated carbocycles. The normalized spacial score (nSPS) is 15.6. The Morgan fingerprint density at radius 2 is 1.37 bits per heavy atom. The van der Waals surface area contributed by atoms with Gasteiger partial charge >= 0.3 is 5.97 Å². The van der Waals surface area contributed by atoms with Crippen LogP contribution in [0.25, 0.3) is 0 Å². The maximum atomic E-state index is 13.3. The molecule has 0 atom stereocenters. The number of benzene rings is 3. The topological polar surface area (TPSA) is 42.4 Å². The van der Waals surface area contributed by atoms with Crippen LogP contribution in [-0.4, -0.2) is 42.1 Å². The number of esters is 1. The van der Waals surface area contributed by atoms with Crippen LogP contribution in [0.5, 0.6) is 0 Å². The lowest BCUT2D eigenvalue weighted by Gasteiger charge is -2.42. The molecule has 0 spiro atoms. The minimum Gasteiger partial charge on any atom is -0.465 e. The summed E-state index contributed by atoms with van der Waals surface area (Å²) in [5.41, 5.74) is 3.89. The zero-order valence-corrected chi connectivity index (χ0v) is 22.1. The van der Waals surface area contributed by atoms with Crippen LogP contribution in [0.15, 0.2) is 116 Å². The number of aromatic nitrogens is 1. The molecule has 0 N–H and O–H groups in total. The van der Waals surface area contributed by atoms with E-state index in [2.05, 4.69) is 88.7 Å². The second-order valence-corrected chi connectivity index (χ2v) is 10.1. The zero-order chi connectivity index (χ0) is 26.3. The molecule has 4 heteroatoms. The summed E-state index contributed by atoms with van der Waals surface area (Å²) in [6.45, 7) is 4.89. The lowest BCUT2D eigenvalue weighted by atomic mass is 9.67. The Morgan fingerprint density at radius 1 is 0.816 bits per heavy atom. The van der Waals surface area contributed by atoms with Crippen LogP contribution in [-0.2, 0) is 20.4 Å². The minimum absolute atomic E-state index is 0.0934. The molecule has 0 aliphatic carbocycles. The predicted octanol–water partition coefficient (Wildman–Crippen LogP) is 6.40. The number of hydrogen-bond donors (Lipinski definition) is 0. The summed E-state index contributed by atoms with van der Waals surface area (Å²) >= 11 is 0. The number of hydrogen-bond acceptors (Lipinski definition) is 4. The van der Waals surface area contributed by atoms with E-state index in [0.717, 1.165) is 44.5 Å². The van der Waals surface area contributed by atoms with Crippen molar-refractivity contribution in [1.29, 1.82) is 0 Å². The molecule has 5 rings (SSSR count). The Balaban J connectivity index is 1.44. The lowest BCUT2D eigenvalue weighted by molar-refractivity contribution is -0.152. The Kier molecular flexibility index (Phi) is 8.00. The first-order valence-corrected chi connectivity index (χ1v) is 13.7. The molecular weight excluding hydrogens is 468 g/mol. The van der Waals surface area contributed by atoms with Gasteiger partial charge in [-0.2, -0.15) is 0 Å². The molecule has 0 unspecified atom stereocenters. The molecule has 0 bridgehead atoms. The van der Waals surface area contributed by atoms with E-state index in [1.165, 1.54) is 16.7 Å². The van der Waals surface area contributed by atoms with Crippen molar-refractivity contribution < 1.29 is 9.53 Å². The lowest BCUT2D eigenvalue weighted by Crippen LogP contribution is -2.49. The highest BCUT2D eigenvalue weighted by molar-refractivity contribution is 5.83. The Labute approximate surface area is 226 Å². The summed E-state index contributed by atoms with van der Waals surface area (Å²) in [4.78, 5) is 20.3. The quantitative estimate of drug-likeness (QED) is 0.247. The monoisotopic (exact) mass is 504 g/mol. The number of carbonyl (C=O) groups excluding carboxylic acids is 1. The second kappa shape index (κ2) is 11.7. The van der Waals surface area contributed by atoms with Gasteiger partial charge in [0.2, 0.25) is 0 Å². The van der Waals surface area contributed by atoms with Crippen LogP contribution in [0.3, 0.4) is 0 Å². The van der Waals surface area contributed by atoms with Gasteiger partial charge in [0.05, 0.1) is 12.0 Å². The molecule has 194 valence electrons. The Morgan fingerprint density at radius 3 is 1.89 bits per heavy atom. The van der Waals surface area contributed by atoms with Gasteiger partial charge < -0.3 is 9.64 Å². The number of ether oxygens (including phenoxy) is 1. The number of likely N-dealkylation sites (tertiary alicyclic amines) is 1. The van der Waals surface area contributed by atoms with Crippen molar-refractivity contribution in [2.75, 3.05) is 26.2 Å². The van der Waals surface area contributed by atoms with Crippen molar-refractivity contribution in [3.8, 4) is 0 Å². The third-order valence-electron chi connectivity index (χ3n) is 8.19.